The summed E-state index contributed by atoms with van der Waals surface area (Å²) in [5, 5.41) is 12.4. The number of rotatable bonds is 6. The molecule has 0 radical (unpaired) electrons. The molecule has 0 atom stereocenters. The van der Waals surface area contributed by atoms with E-state index < -0.39 is 0 Å². The van der Waals surface area contributed by atoms with E-state index in [9.17, 15) is 0 Å². The molecule has 0 fully saturated rings. The largest absolute Gasteiger partial charge is 0.310 e. The van der Waals surface area contributed by atoms with E-state index in [4.69, 9.17) is 0 Å². The molecule has 2 nitrogen and oxygen atoms in total. The first-order valence-electron chi connectivity index (χ1n) is 20.7. The lowest BCUT2D eigenvalue weighted by molar-refractivity contribution is 1.18. The van der Waals surface area contributed by atoms with Crippen LogP contribution in [0.5, 0.6) is 0 Å². The summed E-state index contributed by atoms with van der Waals surface area (Å²) in [4.78, 5) is 2.45. The Balaban J connectivity index is 1.10. The van der Waals surface area contributed by atoms with E-state index in [-0.39, 0.29) is 0 Å². The number of hydrogen-bond acceptors (Lipinski definition) is 1. The number of nitrogens with zero attached hydrogens (tertiary/aromatic N) is 2. The first-order chi connectivity index (χ1) is 29.8. The van der Waals surface area contributed by atoms with Crippen molar-refractivity contribution in [2.75, 3.05) is 4.90 Å². The van der Waals surface area contributed by atoms with Crippen LogP contribution < -0.4 is 4.90 Å². The van der Waals surface area contributed by atoms with Crippen molar-refractivity contribution in [2.45, 2.75) is 0 Å². The van der Waals surface area contributed by atoms with Crippen LogP contribution >= 0.6 is 0 Å². The minimum atomic E-state index is 1.10. The van der Waals surface area contributed by atoms with Gasteiger partial charge in [-0.3, -0.25) is 0 Å². The van der Waals surface area contributed by atoms with Gasteiger partial charge >= 0.3 is 0 Å². The highest BCUT2D eigenvalue weighted by Crippen LogP contribution is 2.46. The Labute approximate surface area is 348 Å². The second kappa shape index (κ2) is 13.9. The molecule has 0 saturated heterocycles. The second-order valence-corrected chi connectivity index (χ2v) is 15.7. The number of para-hydroxylation sites is 1. The maximum Gasteiger partial charge on any atom is 0.0547 e. The highest BCUT2D eigenvalue weighted by atomic mass is 15.1. The zero-order chi connectivity index (χ0) is 39.6. The van der Waals surface area contributed by atoms with Crippen molar-refractivity contribution in [1.29, 1.82) is 0 Å². The van der Waals surface area contributed by atoms with E-state index in [0.29, 0.717) is 0 Å². The van der Waals surface area contributed by atoms with Crippen LogP contribution in [0.2, 0.25) is 0 Å². The molecule has 12 aromatic rings. The molecule has 0 bridgehead atoms. The molecule has 0 amide bonds. The average Bonchev–Trinajstić information content (AvgIpc) is 3.67. The first-order valence-corrected chi connectivity index (χ1v) is 20.7. The Morgan fingerprint density at radius 1 is 0.300 bits per heavy atom. The summed E-state index contributed by atoms with van der Waals surface area (Å²) in [5.74, 6) is 0. The van der Waals surface area contributed by atoms with Crippen molar-refractivity contribution in [3.8, 4) is 27.9 Å². The van der Waals surface area contributed by atoms with Crippen molar-refractivity contribution >= 4 is 82.0 Å². The van der Waals surface area contributed by atoms with E-state index in [0.717, 1.165) is 22.7 Å². The summed E-state index contributed by atoms with van der Waals surface area (Å²) >= 11 is 0. The van der Waals surface area contributed by atoms with Gasteiger partial charge in [0.25, 0.3) is 0 Å². The summed E-state index contributed by atoms with van der Waals surface area (Å²) in [6.45, 7) is 0. The molecule has 280 valence electrons. The van der Waals surface area contributed by atoms with Crippen molar-refractivity contribution < 1.29 is 0 Å². The summed E-state index contributed by atoms with van der Waals surface area (Å²) in [6, 6.07) is 84.3. The van der Waals surface area contributed by atoms with Gasteiger partial charge in [-0.2, -0.15) is 0 Å². The zero-order valence-corrected chi connectivity index (χ0v) is 32.8. The van der Waals surface area contributed by atoms with E-state index in [1.165, 1.54) is 87.1 Å². The molecule has 0 saturated carbocycles. The van der Waals surface area contributed by atoms with Crippen LogP contribution in [-0.2, 0) is 0 Å². The van der Waals surface area contributed by atoms with E-state index in [1.54, 1.807) is 0 Å². The summed E-state index contributed by atoms with van der Waals surface area (Å²) < 4.78 is 2.43. The predicted octanol–water partition coefficient (Wildman–Crippen LogP) is 16.2. The van der Waals surface area contributed by atoms with Crippen LogP contribution in [-0.4, -0.2) is 4.57 Å². The molecule has 1 aromatic heterocycles. The SMILES string of the molecule is c1ccc(-n2c3cccc(-c4cccc(N(c5ccc(-c6cccc7ccccc67)cc5)c5cc6ccccc6c6ccccc56)c4)c3c3c4ccccc4ccc32)cc1. The fourth-order valence-electron chi connectivity index (χ4n) is 9.65. The van der Waals surface area contributed by atoms with Crippen molar-refractivity contribution in [3.05, 3.63) is 231 Å². The number of anilines is 3. The number of hydrogen-bond donors (Lipinski definition) is 0. The standard InChI is InChI=1S/C58H38N2/c1-2-20-44(21-3-1)60-54-30-14-29-51(58(54)57-50-25-9-5-16-40(50)33-36-55(57)60)42-19-12-22-46(37-42)59(56-38-43-17-6-8-24-49(43)52-26-10-11-27-53(52)56)45-34-31-41(32-35-45)48-28-13-18-39-15-4-7-23-47(39)48/h1-38H. The molecule has 1 heterocycles. The predicted molar refractivity (Wildman–Crippen MR) is 256 cm³/mol. The van der Waals surface area contributed by atoms with Gasteiger partial charge in [-0.25, -0.2) is 0 Å². The quantitative estimate of drug-likeness (QED) is 0.153. The smallest absolute Gasteiger partial charge is 0.0547 e. The van der Waals surface area contributed by atoms with Gasteiger partial charge in [-0.15, -0.1) is 0 Å². The van der Waals surface area contributed by atoms with Gasteiger partial charge in [-0.05, 0) is 115 Å². The van der Waals surface area contributed by atoms with Crippen LogP contribution in [0, 0.1) is 0 Å². The molecule has 11 aromatic carbocycles. The Bertz CT molecular complexity index is 3590. The highest BCUT2D eigenvalue weighted by Gasteiger charge is 2.21. The van der Waals surface area contributed by atoms with Gasteiger partial charge in [0.05, 0.1) is 16.7 Å². The molecule has 2 heteroatoms. The van der Waals surface area contributed by atoms with Gasteiger partial charge in [0.1, 0.15) is 0 Å². The third-order valence-corrected chi connectivity index (χ3v) is 12.3. The molecule has 12 rings (SSSR count). The maximum absolute atomic E-state index is 2.45. The van der Waals surface area contributed by atoms with E-state index >= 15 is 0 Å². The highest BCUT2D eigenvalue weighted by molar-refractivity contribution is 6.25. The van der Waals surface area contributed by atoms with E-state index in [1.807, 2.05) is 0 Å². The lowest BCUT2D eigenvalue weighted by Gasteiger charge is -2.28. The molecule has 0 aliphatic carbocycles. The maximum atomic E-state index is 2.45. The van der Waals surface area contributed by atoms with Crippen molar-refractivity contribution in [1.82, 2.24) is 4.57 Å². The van der Waals surface area contributed by atoms with Gasteiger partial charge in [0.15, 0.2) is 0 Å². The number of aromatic nitrogens is 1. The minimum Gasteiger partial charge on any atom is -0.310 e. The fourth-order valence-corrected chi connectivity index (χ4v) is 9.65. The molecule has 0 spiro atoms. The Morgan fingerprint density at radius 3 is 1.72 bits per heavy atom. The summed E-state index contributed by atoms with van der Waals surface area (Å²) in [6.07, 6.45) is 0. The normalized spacial score (nSPS) is 11.7. The van der Waals surface area contributed by atoms with Crippen LogP contribution in [0.25, 0.3) is 92.8 Å². The molecule has 0 N–H and O–H groups in total. The van der Waals surface area contributed by atoms with Crippen molar-refractivity contribution in [2.24, 2.45) is 0 Å². The van der Waals surface area contributed by atoms with Gasteiger partial charge in [0.2, 0.25) is 0 Å². The van der Waals surface area contributed by atoms with Crippen molar-refractivity contribution in [3.63, 3.8) is 0 Å². The minimum absolute atomic E-state index is 1.10. The van der Waals surface area contributed by atoms with Crippen LogP contribution in [0.15, 0.2) is 231 Å². The van der Waals surface area contributed by atoms with Gasteiger partial charge < -0.3 is 9.47 Å². The molecule has 60 heavy (non-hydrogen) atoms. The molecular formula is C58H38N2. The van der Waals surface area contributed by atoms with Crippen LogP contribution in [0.1, 0.15) is 0 Å². The topological polar surface area (TPSA) is 8.17 Å². The Kier molecular flexibility index (Phi) is 7.89. The molecule has 0 aliphatic heterocycles. The van der Waals surface area contributed by atoms with Crippen LogP contribution in [0.4, 0.5) is 17.1 Å². The third-order valence-electron chi connectivity index (χ3n) is 12.3. The third kappa shape index (κ3) is 5.42. The van der Waals surface area contributed by atoms with Crippen LogP contribution in [0.3, 0.4) is 0 Å². The lowest BCUT2D eigenvalue weighted by atomic mass is 9.95. The first kappa shape index (κ1) is 34.1. The Hall–Kier alpha value is -7.94. The summed E-state index contributed by atoms with van der Waals surface area (Å²) in [5.41, 5.74) is 11.7. The van der Waals surface area contributed by atoms with Gasteiger partial charge in [-0.1, -0.05) is 176 Å². The summed E-state index contributed by atoms with van der Waals surface area (Å²) in [7, 11) is 0. The fraction of sp³-hybridized carbons (Fsp3) is 0. The average molecular weight is 763 g/mol. The Morgan fingerprint density at radius 2 is 0.900 bits per heavy atom. The number of fused-ring (bicyclic) bond motifs is 9. The molecule has 0 aliphatic rings. The van der Waals surface area contributed by atoms with Gasteiger partial charge in [0, 0.05) is 33.2 Å². The van der Waals surface area contributed by atoms with E-state index in [2.05, 4.69) is 240 Å². The molecular weight excluding hydrogens is 725 g/mol. The number of benzene rings is 11. The molecule has 0 unspecified atom stereocenters. The zero-order valence-electron chi connectivity index (χ0n) is 32.8. The second-order valence-electron chi connectivity index (χ2n) is 15.7. The monoisotopic (exact) mass is 762 g/mol. The lowest BCUT2D eigenvalue weighted by Crippen LogP contribution is -2.11.